The Labute approximate surface area is 192 Å². The zero-order chi connectivity index (χ0) is 23.6. The van der Waals surface area contributed by atoms with Crippen LogP contribution in [0.1, 0.15) is 20.8 Å². The number of carbonyl (C=O) groups excluding carboxylic acids is 2. The standard InChI is InChI=1S/C21H20Cl2N4O5/c1-21(2,3)32-18(29)12-26-19(30)14-6-4-5-7-15(14)25(20(26)31)11-17(28)27(23)13-8-9-24-16(22)10-13/h4-10H,11-12H2,1-3H3. The molecule has 0 unspecified atom stereocenters. The van der Waals surface area contributed by atoms with Gasteiger partial charge in [-0.15, -0.1) is 0 Å². The number of para-hydroxylation sites is 1. The van der Waals surface area contributed by atoms with Gasteiger partial charge in [0, 0.05) is 24.0 Å². The van der Waals surface area contributed by atoms with E-state index in [1.165, 1.54) is 30.5 Å². The molecule has 0 aliphatic rings. The Balaban J connectivity index is 2.04. The second kappa shape index (κ2) is 9.13. The molecule has 11 heteroatoms. The highest BCUT2D eigenvalue weighted by atomic mass is 35.5. The molecule has 1 aromatic carbocycles. The highest BCUT2D eigenvalue weighted by Crippen LogP contribution is 2.20. The zero-order valence-corrected chi connectivity index (χ0v) is 19.1. The lowest BCUT2D eigenvalue weighted by molar-refractivity contribution is -0.155. The summed E-state index contributed by atoms with van der Waals surface area (Å²) < 4.78 is 7.86. The zero-order valence-electron chi connectivity index (χ0n) is 17.5. The van der Waals surface area contributed by atoms with Crippen molar-refractivity contribution in [3.8, 4) is 0 Å². The van der Waals surface area contributed by atoms with Crippen LogP contribution in [0.3, 0.4) is 0 Å². The van der Waals surface area contributed by atoms with Crippen molar-refractivity contribution in [3.05, 3.63) is 68.6 Å². The number of esters is 1. The van der Waals surface area contributed by atoms with Crippen LogP contribution >= 0.6 is 23.4 Å². The molecule has 0 saturated carbocycles. The van der Waals surface area contributed by atoms with Gasteiger partial charge in [-0.2, -0.15) is 0 Å². The number of fused-ring (bicyclic) bond motifs is 1. The Morgan fingerprint density at radius 3 is 2.44 bits per heavy atom. The van der Waals surface area contributed by atoms with Crippen molar-refractivity contribution in [3.63, 3.8) is 0 Å². The lowest BCUT2D eigenvalue weighted by atomic mass is 10.2. The van der Waals surface area contributed by atoms with Crippen molar-refractivity contribution in [1.29, 1.82) is 0 Å². The number of nitrogens with zero attached hydrogens (tertiary/aromatic N) is 4. The summed E-state index contributed by atoms with van der Waals surface area (Å²) in [6.07, 6.45) is 1.38. The van der Waals surface area contributed by atoms with Crippen molar-refractivity contribution in [2.75, 3.05) is 4.42 Å². The summed E-state index contributed by atoms with van der Waals surface area (Å²) in [5.74, 6) is -1.42. The molecular formula is C21H20Cl2N4O5. The maximum absolute atomic E-state index is 13.1. The number of carbonyl (C=O) groups is 2. The molecule has 3 aromatic rings. The van der Waals surface area contributed by atoms with Crippen LogP contribution in [-0.2, 0) is 27.4 Å². The first-order chi connectivity index (χ1) is 15.0. The van der Waals surface area contributed by atoms with Gasteiger partial charge in [0.15, 0.2) is 0 Å². The molecule has 0 aliphatic carbocycles. The number of pyridine rings is 1. The molecule has 168 valence electrons. The molecule has 0 atom stereocenters. The SMILES string of the molecule is CC(C)(C)OC(=O)Cn1c(=O)c2ccccc2n(CC(=O)N(Cl)c2ccnc(Cl)c2)c1=O. The van der Waals surface area contributed by atoms with Gasteiger partial charge in [-0.3, -0.25) is 19.0 Å². The molecule has 0 radical (unpaired) electrons. The summed E-state index contributed by atoms with van der Waals surface area (Å²) in [4.78, 5) is 54.9. The number of aromatic nitrogens is 3. The fraction of sp³-hybridized carbons (Fsp3) is 0.286. The maximum Gasteiger partial charge on any atom is 0.332 e. The third-order valence-corrected chi connectivity index (χ3v) is 4.88. The molecule has 32 heavy (non-hydrogen) atoms. The number of rotatable bonds is 5. The van der Waals surface area contributed by atoms with E-state index in [0.717, 1.165) is 13.6 Å². The van der Waals surface area contributed by atoms with E-state index in [1.54, 1.807) is 32.9 Å². The normalized spacial score (nSPS) is 11.4. The summed E-state index contributed by atoms with van der Waals surface area (Å²) in [5.41, 5.74) is -1.81. The van der Waals surface area contributed by atoms with Gasteiger partial charge in [0.2, 0.25) is 0 Å². The lowest BCUT2D eigenvalue weighted by Gasteiger charge is -2.20. The van der Waals surface area contributed by atoms with Crippen molar-refractivity contribution >= 4 is 51.8 Å². The molecule has 2 aromatic heterocycles. The molecule has 3 rings (SSSR count). The first-order valence-electron chi connectivity index (χ1n) is 9.52. The summed E-state index contributed by atoms with van der Waals surface area (Å²) >= 11 is 12.0. The monoisotopic (exact) mass is 478 g/mol. The third-order valence-electron chi connectivity index (χ3n) is 4.29. The molecule has 1 amide bonds. The molecule has 0 spiro atoms. The fourth-order valence-electron chi connectivity index (χ4n) is 3.02. The minimum atomic E-state index is -0.842. The van der Waals surface area contributed by atoms with Crippen molar-refractivity contribution < 1.29 is 14.3 Å². The fourth-order valence-corrected chi connectivity index (χ4v) is 3.35. The predicted octanol–water partition coefficient (Wildman–Crippen LogP) is 2.74. The molecule has 2 heterocycles. The van der Waals surface area contributed by atoms with Crippen molar-refractivity contribution in [2.45, 2.75) is 39.5 Å². The number of halogens is 2. The number of benzene rings is 1. The van der Waals surface area contributed by atoms with Gasteiger partial charge in [-0.1, -0.05) is 23.7 Å². The van der Waals surface area contributed by atoms with Gasteiger partial charge in [0.1, 0.15) is 23.8 Å². The summed E-state index contributed by atoms with van der Waals surface area (Å²) in [6, 6.07) is 9.14. The second-order valence-corrected chi connectivity index (χ2v) is 8.60. The van der Waals surface area contributed by atoms with E-state index in [4.69, 9.17) is 28.1 Å². The minimum absolute atomic E-state index is 0.134. The Hall–Kier alpha value is -3.17. The van der Waals surface area contributed by atoms with E-state index in [2.05, 4.69) is 4.98 Å². The number of hydrogen-bond acceptors (Lipinski definition) is 6. The van der Waals surface area contributed by atoms with Gasteiger partial charge in [0.25, 0.3) is 11.5 Å². The van der Waals surface area contributed by atoms with Crippen LogP contribution < -0.4 is 15.7 Å². The van der Waals surface area contributed by atoms with Crippen molar-refractivity contribution in [1.82, 2.24) is 14.1 Å². The van der Waals surface area contributed by atoms with Crippen LogP contribution in [0, 0.1) is 0 Å². The molecule has 0 bridgehead atoms. The number of ether oxygens (including phenoxy) is 1. The van der Waals surface area contributed by atoms with Crippen LogP contribution in [0.5, 0.6) is 0 Å². The quantitative estimate of drug-likeness (QED) is 0.317. The Morgan fingerprint density at radius 1 is 1.09 bits per heavy atom. The topological polar surface area (TPSA) is 104 Å². The summed E-state index contributed by atoms with van der Waals surface area (Å²) in [6.45, 7) is 3.93. The summed E-state index contributed by atoms with van der Waals surface area (Å²) in [7, 11) is 0. The lowest BCUT2D eigenvalue weighted by Crippen LogP contribution is -2.44. The van der Waals surface area contributed by atoms with Gasteiger partial charge < -0.3 is 4.74 Å². The Bertz CT molecular complexity index is 1310. The van der Waals surface area contributed by atoms with Gasteiger partial charge >= 0.3 is 11.7 Å². The molecular weight excluding hydrogens is 459 g/mol. The van der Waals surface area contributed by atoms with Crippen molar-refractivity contribution in [2.24, 2.45) is 0 Å². The largest absolute Gasteiger partial charge is 0.459 e. The summed E-state index contributed by atoms with van der Waals surface area (Å²) in [5, 5.41) is 0.297. The highest BCUT2D eigenvalue weighted by Gasteiger charge is 2.22. The molecule has 0 saturated heterocycles. The molecule has 0 aliphatic heterocycles. The Kier molecular flexibility index (Phi) is 6.71. The van der Waals surface area contributed by atoms with Crippen LogP contribution in [-0.4, -0.2) is 31.6 Å². The number of amides is 1. The first kappa shape index (κ1) is 23.5. The molecule has 0 fully saturated rings. The average molecular weight is 479 g/mol. The van der Waals surface area contributed by atoms with Crippen LogP contribution in [0.2, 0.25) is 5.15 Å². The van der Waals surface area contributed by atoms with E-state index in [1.807, 2.05) is 0 Å². The van der Waals surface area contributed by atoms with Crippen LogP contribution in [0.25, 0.3) is 10.9 Å². The van der Waals surface area contributed by atoms with Gasteiger partial charge in [-0.25, -0.2) is 18.8 Å². The highest BCUT2D eigenvalue weighted by molar-refractivity contribution is 6.37. The van der Waals surface area contributed by atoms with Crippen LogP contribution in [0.15, 0.2) is 52.2 Å². The van der Waals surface area contributed by atoms with E-state index in [-0.39, 0.29) is 21.7 Å². The van der Waals surface area contributed by atoms with E-state index >= 15 is 0 Å². The second-order valence-electron chi connectivity index (χ2n) is 7.87. The van der Waals surface area contributed by atoms with Crippen LogP contribution in [0.4, 0.5) is 5.69 Å². The third kappa shape index (κ3) is 5.17. The van der Waals surface area contributed by atoms with E-state index in [0.29, 0.717) is 0 Å². The molecule has 0 N–H and O–H groups in total. The number of anilines is 1. The minimum Gasteiger partial charge on any atom is -0.459 e. The maximum atomic E-state index is 13.1. The van der Waals surface area contributed by atoms with Gasteiger partial charge in [-0.05, 0) is 39.0 Å². The first-order valence-corrected chi connectivity index (χ1v) is 10.2. The van der Waals surface area contributed by atoms with Gasteiger partial charge in [0.05, 0.1) is 16.6 Å². The predicted molar refractivity (Wildman–Crippen MR) is 121 cm³/mol. The number of hydrogen-bond donors (Lipinski definition) is 0. The molecule has 9 nitrogen and oxygen atoms in total. The Morgan fingerprint density at radius 2 is 1.78 bits per heavy atom. The van der Waals surface area contributed by atoms with E-state index < -0.39 is 41.8 Å². The smallest absolute Gasteiger partial charge is 0.332 e. The average Bonchev–Trinajstić information content (AvgIpc) is 2.72. The van der Waals surface area contributed by atoms with E-state index in [9.17, 15) is 19.2 Å².